The molecule has 2 aromatic carbocycles. The Morgan fingerprint density at radius 2 is 1.88 bits per heavy atom. The number of rotatable bonds is 1. The van der Waals surface area contributed by atoms with Crippen molar-refractivity contribution in [3.8, 4) is 5.75 Å². The van der Waals surface area contributed by atoms with Gasteiger partial charge in [0.15, 0.2) is 0 Å². The molecule has 7 heteroatoms. The van der Waals surface area contributed by atoms with E-state index < -0.39 is 10.1 Å². The van der Waals surface area contributed by atoms with Crippen molar-refractivity contribution in [2.75, 3.05) is 0 Å². The summed E-state index contributed by atoms with van der Waals surface area (Å²) in [6.45, 7) is 0. The minimum Gasteiger partial charge on any atom is -0.507 e. The molecule has 1 aliphatic rings. The number of phenolic OH excluding ortho intramolecular Hbond substituents is 1. The Balaban J connectivity index is 2.42. The van der Waals surface area contributed by atoms with E-state index in [1.54, 1.807) is 12.1 Å². The SMILES string of the molecule is O=S(=O)(O)c1cc(O)c2c3c(ccc2c1)N=N3. The number of fused-ring (bicyclic) bond motifs is 3. The lowest BCUT2D eigenvalue weighted by atomic mass is 10.1. The van der Waals surface area contributed by atoms with Crippen LogP contribution in [-0.4, -0.2) is 18.1 Å². The lowest BCUT2D eigenvalue weighted by Gasteiger charge is -2.12. The molecule has 1 aliphatic heterocycles. The molecule has 0 amide bonds. The Bertz CT molecular complexity index is 780. The molecule has 0 aliphatic carbocycles. The average Bonchev–Trinajstić information content (AvgIpc) is 2.17. The zero-order valence-corrected chi connectivity index (χ0v) is 9.14. The van der Waals surface area contributed by atoms with Gasteiger partial charge in [0.2, 0.25) is 0 Å². The topological polar surface area (TPSA) is 99.3 Å². The number of azo groups is 1. The molecule has 1 heterocycles. The van der Waals surface area contributed by atoms with Crippen LogP contribution in [0, 0.1) is 0 Å². The van der Waals surface area contributed by atoms with Crippen LogP contribution < -0.4 is 0 Å². The number of hydrogen-bond acceptors (Lipinski definition) is 5. The molecule has 0 spiro atoms. The predicted molar refractivity (Wildman–Crippen MR) is 59.6 cm³/mol. The summed E-state index contributed by atoms with van der Waals surface area (Å²) < 4.78 is 30.9. The molecule has 17 heavy (non-hydrogen) atoms. The first kappa shape index (κ1) is 10.2. The summed E-state index contributed by atoms with van der Waals surface area (Å²) in [4.78, 5) is -0.348. The first-order valence-electron chi connectivity index (χ1n) is 4.66. The molecule has 86 valence electrons. The summed E-state index contributed by atoms with van der Waals surface area (Å²) in [6, 6.07) is 5.54. The maximum Gasteiger partial charge on any atom is 0.294 e. The summed E-state index contributed by atoms with van der Waals surface area (Å²) >= 11 is 0. The van der Waals surface area contributed by atoms with Crippen molar-refractivity contribution in [3.63, 3.8) is 0 Å². The summed E-state index contributed by atoms with van der Waals surface area (Å²) in [5, 5.41) is 18.2. The van der Waals surface area contributed by atoms with Crippen LogP contribution in [0.5, 0.6) is 5.75 Å². The third-order valence-corrected chi connectivity index (χ3v) is 3.41. The molecule has 0 radical (unpaired) electrons. The van der Waals surface area contributed by atoms with Gasteiger partial charge in [-0.1, -0.05) is 6.07 Å². The molecule has 0 atom stereocenters. The second-order valence-electron chi connectivity index (χ2n) is 3.65. The van der Waals surface area contributed by atoms with Crippen molar-refractivity contribution < 1.29 is 18.1 Å². The van der Waals surface area contributed by atoms with Gasteiger partial charge in [-0.25, -0.2) is 0 Å². The molecule has 0 aromatic heterocycles. The number of benzene rings is 2. The zero-order valence-electron chi connectivity index (χ0n) is 8.32. The smallest absolute Gasteiger partial charge is 0.294 e. The van der Waals surface area contributed by atoms with Gasteiger partial charge >= 0.3 is 0 Å². The van der Waals surface area contributed by atoms with Gasteiger partial charge < -0.3 is 5.11 Å². The summed E-state index contributed by atoms with van der Waals surface area (Å²) in [5.74, 6) is -0.245. The average molecular weight is 250 g/mol. The Kier molecular flexibility index (Phi) is 1.81. The van der Waals surface area contributed by atoms with E-state index in [-0.39, 0.29) is 10.6 Å². The van der Waals surface area contributed by atoms with E-state index in [1.807, 2.05) is 0 Å². The first-order chi connectivity index (χ1) is 7.97. The fraction of sp³-hybridized carbons (Fsp3) is 0. The van der Waals surface area contributed by atoms with Crippen LogP contribution in [0.2, 0.25) is 0 Å². The van der Waals surface area contributed by atoms with Crippen LogP contribution in [0.3, 0.4) is 0 Å². The van der Waals surface area contributed by atoms with E-state index in [9.17, 15) is 13.5 Å². The van der Waals surface area contributed by atoms with Gasteiger partial charge in [-0.3, -0.25) is 4.55 Å². The number of nitrogens with zero attached hydrogens (tertiary/aromatic N) is 2. The van der Waals surface area contributed by atoms with Crippen molar-refractivity contribution in [2.45, 2.75) is 4.90 Å². The molecular formula is C10H6N2O4S. The summed E-state index contributed by atoms with van der Waals surface area (Å²) in [7, 11) is -4.34. The highest BCUT2D eigenvalue weighted by Crippen LogP contribution is 2.47. The highest BCUT2D eigenvalue weighted by Gasteiger charge is 2.19. The minimum atomic E-state index is -4.34. The van der Waals surface area contributed by atoms with Gasteiger partial charge in [-0.05, 0) is 17.5 Å². The molecule has 6 nitrogen and oxygen atoms in total. The number of phenols is 1. The van der Waals surface area contributed by atoms with Crippen molar-refractivity contribution in [3.05, 3.63) is 24.3 Å². The van der Waals surface area contributed by atoms with E-state index in [1.165, 1.54) is 6.07 Å². The van der Waals surface area contributed by atoms with Crippen molar-refractivity contribution in [2.24, 2.45) is 10.2 Å². The second-order valence-corrected chi connectivity index (χ2v) is 5.07. The second kappa shape index (κ2) is 3.02. The number of hydrogen-bond donors (Lipinski definition) is 2. The van der Waals surface area contributed by atoms with E-state index in [0.717, 1.165) is 6.07 Å². The summed E-state index contributed by atoms with van der Waals surface area (Å²) in [5.41, 5.74) is 1.18. The maximum atomic E-state index is 11.0. The molecule has 0 unspecified atom stereocenters. The van der Waals surface area contributed by atoms with Gasteiger partial charge in [0.25, 0.3) is 10.1 Å². The van der Waals surface area contributed by atoms with E-state index in [2.05, 4.69) is 10.2 Å². The van der Waals surface area contributed by atoms with Crippen LogP contribution in [0.4, 0.5) is 11.4 Å². The third-order valence-electron chi connectivity index (χ3n) is 2.58. The monoisotopic (exact) mass is 250 g/mol. The van der Waals surface area contributed by atoms with Gasteiger partial charge in [-0.15, -0.1) is 10.2 Å². The molecule has 0 bridgehead atoms. The van der Waals surface area contributed by atoms with Crippen molar-refractivity contribution >= 4 is 32.3 Å². The van der Waals surface area contributed by atoms with Gasteiger partial charge in [-0.2, -0.15) is 8.42 Å². The molecule has 0 fully saturated rings. The van der Waals surface area contributed by atoms with Crippen LogP contribution in [0.25, 0.3) is 10.8 Å². The van der Waals surface area contributed by atoms with Crippen LogP contribution in [-0.2, 0) is 10.1 Å². The quantitative estimate of drug-likeness (QED) is 0.648. The molecule has 2 aromatic rings. The third kappa shape index (κ3) is 1.40. The first-order valence-corrected chi connectivity index (χ1v) is 6.10. The lowest BCUT2D eigenvalue weighted by molar-refractivity contribution is 0.471. The molecule has 0 saturated heterocycles. The molecule has 0 saturated carbocycles. The van der Waals surface area contributed by atoms with Crippen LogP contribution in [0.1, 0.15) is 0 Å². The fourth-order valence-corrected chi connectivity index (χ4v) is 2.31. The van der Waals surface area contributed by atoms with Crippen LogP contribution >= 0.6 is 0 Å². The minimum absolute atomic E-state index is 0.245. The van der Waals surface area contributed by atoms with Crippen molar-refractivity contribution in [1.29, 1.82) is 0 Å². The highest BCUT2D eigenvalue weighted by atomic mass is 32.2. The Morgan fingerprint density at radius 1 is 1.12 bits per heavy atom. The maximum absolute atomic E-state index is 11.0. The fourth-order valence-electron chi connectivity index (χ4n) is 1.78. The Hall–Kier alpha value is -1.99. The summed E-state index contributed by atoms with van der Waals surface area (Å²) in [6.07, 6.45) is 0. The van der Waals surface area contributed by atoms with Gasteiger partial charge in [0.1, 0.15) is 17.1 Å². The molecule has 3 rings (SSSR count). The van der Waals surface area contributed by atoms with E-state index in [0.29, 0.717) is 22.1 Å². The Morgan fingerprint density at radius 3 is 2.47 bits per heavy atom. The lowest BCUT2D eigenvalue weighted by Crippen LogP contribution is -1.98. The predicted octanol–water partition coefficient (Wildman–Crippen LogP) is 2.52. The largest absolute Gasteiger partial charge is 0.507 e. The molecule has 2 N–H and O–H groups in total. The highest BCUT2D eigenvalue weighted by molar-refractivity contribution is 7.85. The van der Waals surface area contributed by atoms with Crippen molar-refractivity contribution in [1.82, 2.24) is 0 Å². The standard InChI is InChI=1S/C10H6N2O4S/c13-8-4-6(17(14,15)16)3-5-1-2-7-10(9(5)8)12-11-7/h1-4,13H,(H,14,15,16). The van der Waals surface area contributed by atoms with E-state index in [4.69, 9.17) is 4.55 Å². The van der Waals surface area contributed by atoms with Gasteiger partial charge in [0.05, 0.1) is 10.3 Å². The normalized spacial score (nSPS) is 13.5. The Labute approximate surface area is 96.0 Å². The molecular weight excluding hydrogens is 244 g/mol. The number of aromatic hydroxyl groups is 1. The van der Waals surface area contributed by atoms with Gasteiger partial charge in [0, 0.05) is 6.07 Å². The van der Waals surface area contributed by atoms with Crippen LogP contribution in [0.15, 0.2) is 39.4 Å². The van der Waals surface area contributed by atoms with E-state index >= 15 is 0 Å². The zero-order chi connectivity index (χ0) is 12.2.